The lowest BCUT2D eigenvalue weighted by Gasteiger charge is -2.35. The molecule has 0 aliphatic carbocycles. The van der Waals surface area contributed by atoms with E-state index in [4.69, 9.17) is 12.3 Å². The summed E-state index contributed by atoms with van der Waals surface area (Å²) in [6.07, 6.45) is -20.2. The van der Waals surface area contributed by atoms with Gasteiger partial charge in [-0.25, -0.2) is 0 Å². The maximum Gasteiger partial charge on any atom is 0.469 e. The first-order valence-electron chi connectivity index (χ1n) is 10.1. The van der Waals surface area contributed by atoms with Crippen molar-refractivity contribution in [3.05, 3.63) is 0 Å². The van der Waals surface area contributed by atoms with Crippen LogP contribution in [-0.2, 0) is 21.8 Å². The van der Waals surface area contributed by atoms with Gasteiger partial charge in [-0.1, -0.05) is 0 Å². The van der Waals surface area contributed by atoms with E-state index in [9.17, 15) is 39.5 Å². The fourth-order valence-electron chi connectivity index (χ4n) is 2.61. The highest BCUT2D eigenvalue weighted by molar-refractivity contribution is 6.79. The van der Waals surface area contributed by atoms with E-state index in [0.29, 0.717) is 0 Å². The van der Waals surface area contributed by atoms with Gasteiger partial charge in [-0.3, -0.25) is 4.74 Å². The molecule has 0 amide bonds. The first-order valence-corrected chi connectivity index (χ1v) is 20.4. The number of halogens is 9. The van der Waals surface area contributed by atoms with Crippen LogP contribution in [0.2, 0.25) is 45.3 Å². The van der Waals surface area contributed by atoms with E-state index in [1.165, 1.54) is 0 Å². The first-order chi connectivity index (χ1) is 14.6. The highest BCUT2D eigenvalue weighted by atomic mass is 28.5. The van der Waals surface area contributed by atoms with Crippen molar-refractivity contribution in [1.82, 2.24) is 0 Å². The Kier molecular flexibility index (Phi) is 12.8. The van der Waals surface area contributed by atoms with E-state index in [2.05, 4.69) is 9.47 Å². The van der Waals surface area contributed by atoms with Crippen molar-refractivity contribution in [1.29, 1.82) is 0 Å². The van der Waals surface area contributed by atoms with Crippen molar-refractivity contribution < 1.29 is 61.3 Å². The minimum atomic E-state index is -6.06. The summed E-state index contributed by atoms with van der Waals surface area (Å²) in [5.41, 5.74) is 0. The molecule has 1 unspecified atom stereocenters. The molecule has 200 valence electrons. The summed E-state index contributed by atoms with van der Waals surface area (Å²) in [4.78, 5) is 0. The van der Waals surface area contributed by atoms with Crippen LogP contribution in [0.1, 0.15) is 12.8 Å². The summed E-state index contributed by atoms with van der Waals surface area (Å²) >= 11 is 0. The van der Waals surface area contributed by atoms with Crippen molar-refractivity contribution in [3.63, 3.8) is 0 Å². The monoisotopic (exact) mass is 574 g/mol. The zero-order chi connectivity index (χ0) is 26.3. The van der Waals surface area contributed by atoms with Crippen LogP contribution in [0.3, 0.4) is 0 Å². The molecule has 0 bridgehead atoms. The summed E-state index contributed by atoms with van der Waals surface area (Å²) in [5.74, 6) is -5.14. The maximum absolute atomic E-state index is 14.2. The minimum Gasteiger partial charge on any atom is -0.420 e. The Bertz CT molecular complexity index is 552. The summed E-state index contributed by atoms with van der Waals surface area (Å²) in [6, 6.07) is 0.144. The Morgan fingerprint density at radius 2 is 1.12 bits per heavy atom. The largest absolute Gasteiger partial charge is 0.469 e. The zero-order valence-corrected chi connectivity index (χ0v) is 23.7. The lowest BCUT2D eigenvalue weighted by molar-refractivity contribution is -0.430. The SMILES string of the molecule is C[SiH](C)O[Si](CCCOCC(F)(OC(F)(F)CC(F)(F)F)C(F)(F)F)(O[SiH](C)C)O[SiH](C)C. The van der Waals surface area contributed by atoms with Crippen LogP contribution in [0, 0.1) is 0 Å². The number of ether oxygens (including phenoxy) is 2. The molecule has 0 fully saturated rings. The summed E-state index contributed by atoms with van der Waals surface area (Å²) < 4.78 is 142. The lowest BCUT2D eigenvalue weighted by Crippen LogP contribution is -2.53. The lowest BCUT2D eigenvalue weighted by atomic mass is 10.3. The highest BCUT2D eigenvalue weighted by Crippen LogP contribution is 2.43. The third kappa shape index (κ3) is 13.6. The van der Waals surface area contributed by atoms with Crippen LogP contribution < -0.4 is 0 Å². The Balaban J connectivity index is 5.21. The van der Waals surface area contributed by atoms with E-state index in [-0.39, 0.29) is 12.5 Å². The van der Waals surface area contributed by atoms with E-state index in [1.54, 1.807) is 0 Å². The smallest absolute Gasteiger partial charge is 0.420 e. The van der Waals surface area contributed by atoms with Gasteiger partial charge in [-0.05, 0) is 45.7 Å². The molecule has 0 rings (SSSR count). The molecule has 0 aliphatic rings. The molecule has 0 radical (unpaired) electrons. The van der Waals surface area contributed by atoms with E-state index >= 15 is 0 Å². The molecular formula is C15H31F9O5Si4. The molecule has 0 aromatic carbocycles. The Morgan fingerprint density at radius 3 is 1.45 bits per heavy atom. The molecule has 0 saturated carbocycles. The number of rotatable bonds is 15. The second kappa shape index (κ2) is 12.8. The third-order valence-corrected chi connectivity index (χ3v) is 14.4. The molecule has 0 N–H and O–H groups in total. The number of hydrogen-bond donors (Lipinski definition) is 0. The molecule has 0 aliphatic heterocycles. The summed E-state index contributed by atoms with van der Waals surface area (Å²) in [6.45, 7) is 8.68. The highest BCUT2D eigenvalue weighted by Gasteiger charge is 2.63. The van der Waals surface area contributed by atoms with Crippen LogP contribution in [0.5, 0.6) is 0 Å². The quantitative estimate of drug-likeness (QED) is 0.154. The fraction of sp³-hybridized carbons (Fsp3) is 1.00. The molecule has 0 aromatic heterocycles. The summed E-state index contributed by atoms with van der Waals surface area (Å²) in [7, 11) is -8.13. The Hall–Kier alpha value is 0.0375. The van der Waals surface area contributed by atoms with Gasteiger partial charge in [0.2, 0.25) is 0 Å². The summed E-state index contributed by atoms with van der Waals surface area (Å²) in [5, 5.41) is 0. The van der Waals surface area contributed by atoms with E-state index in [1.807, 2.05) is 39.3 Å². The zero-order valence-electron chi connectivity index (χ0n) is 19.2. The van der Waals surface area contributed by atoms with Crippen molar-refractivity contribution in [2.24, 2.45) is 0 Å². The third-order valence-electron chi connectivity index (χ3n) is 3.45. The van der Waals surface area contributed by atoms with Gasteiger partial charge in [0.15, 0.2) is 27.1 Å². The Labute approximate surface area is 193 Å². The van der Waals surface area contributed by atoms with Gasteiger partial charge in [-0.2, -0.15) is 39.5 Å². The van der Waals surface area contributed by atoms with Crippen molar-refractivity contribution >= 4 is 35.9 Å². The fourth-order valence-corrected chi connectivity index (χ4v) is 15.4. The molecule has 0 aromatic rings. The van der Waals surface area contributed by atoms with E-state index in [0.717, 1.165) is 0 Å². The van der Waals surface area contributed by atoms with Gasteiger partial charge in [0.05, 0.1) is 0 Å². The number of alkyl halides is 9. The molecule has 1 atom stereocenters. The second-order valence-electron chi connectivity index (χ2n) is 8.10. The van der Waals surface area contributed by atoms with E-state index < -0.39 is 79.9 Å². The molecule has 18 heteroatoms. The standard InChI is InChI=1S/C15H31F9O5Si4/c1-30(2)27-33(28-31(3)4,29-32(5)6)9-7-8-25-11-12(16,15(22,23)24)26-14(20,21)10-13(17,18)19/h30-32H,7-11H2,1-6H3. The van der Waals surface area contributed by atoms with Crippen LogP contribution in [0.4, 0.5) is 39.5 Å². The predicted octanol–water partition coefficient (Wildman–Crippen LogP) is 5.12. The average molecular weight is 575 g/mol. The number of hydrogen-bond acceptors (Lipinski definition) is 5. The van der Waals surface area contributed by atoms with Crippen molar-refractivity contribution in [2.45, 2.75) is 82.5 Å². The van der Waals surface area contributed by atoms with Crippen LogP contribution in [0.25, 0.3) is 0 Å². The Morgan fingerprint density at radius 1 is 0.697 bits per heavy atom. The van der Waals surface area contributed by atoms with Gasteiger partial charge in [0, 0.05) is 12.7 Å². The van der Waals surface area contributed by atoms with Crippen molar-refractivity contribution in [2.75, 3.05) is 13.2 Å². The normalized spacial score (nSPS) is 16.2. The predicted molar refractivity (Wildman–Crippen MR) is 112 cm³/mol. The van der Waals surface area contributed by atoms with Crippen molar-refractivity contribution in [3.8, 4) is 0 Å². The van der Waals surface area contributed by atoms with Gasteiger partial charge in [-0.15, -0.1) is 0 Å². The van der Waals surface area contributed by atoms with Crippen LogP contribution in [-0.4, -0.2) is 73.5 Å². The molecule has 0 spiro atoms. The second-order valence-corrected chi connectivity index (χ2v) is 19.1. The molecule has 0 saturated heterocycles. The molecule has 5 nitrogen and oxygen atoms in total. The first kappa shape index (κ1) is 33.0. The minimum absolute atomic E-state index is 0.0114. The van der Waals surface area contributed by atoms with Crippen LogP contribution in [0.15, 0.2) is 0 Å². The maximum atomic E-state index is 14.2. The topological polar surface area (TPSA) is 46.2 Å². The van der Waals surface area contributed by atoms with Crippen LogP contribution >= 0.6 is 0 Å². The van der Waals surface area contributed by atoms with Gasteiger partial charge in [0.1, 0.15) is 13.0 Å². The molecule has 0 heterocycles. The van der Waals surface area contributed by atoms with Gasteiger partial charge < -0.3 is 17.1 Å². The molecular weight excluding hydrogens is 543 g/mol. The van der Waals surface area contributed by atoms with Gasteiger partial charge >= 0.3 is 33.1 Å². The average Bonchev–Trinajstić information content (AvgIpc) is 2.47. The van der Waals surface area contributed by atoms with Gasteiger partial charge in [0.25, 0.3) is 0 Å². The molecule has 33 heavy (non-hydrogen) atoms.